The molecular weight excluding hydrogens is 344 g/mol. The van der Waals surface area contributed by atoms with Gasteiger partial charge in [-0.1, -0.05) is 12.1 Å². The largest absolute Gasteiger partial charge is 0.508 e. The van der Waals surface area contributed by atoms with Gasteiger partial charge in [0.05, 0.1) is 20.6 Å². The van der Waals surface area contributed by atoms with Crippen LogP contribution in [0.5, 0.6) is 5.75 Å². The van der Waals surface area contributed by atoms with Crippen molar-refractivity contribution in [2.75, 3.05) is 14.2 Å². The van der Waals surface area contributed by atoms with Gasteiger partial charge in [-0.05, 0) is 17.7 Å². The third kappa shape index (κ3) is 6.80. The molecule has 0 heterocycles. The third-order valence-corrected chi connectivity index (χ3v) is 3.45. The molecular formula is C17H22N2O7. The lowest BCUT2D eigenvalue weighted by atomic mass is 10.1. The highest BCUT2D eigenvalue weighted by Crippen LogP contribution is 2.12. The standard InChI is InChI=1S/C17H22N2O7/c1-10(20)18-14(17(24)26-3)9-15(22)19-13(16(23)25-2)8-11-4-6-12(21)7-5-11/h4-7,13-14,21H,8-9H2,1-3H3,(H,18,20)(H,19,22)/t13-,14?/m0/s1. The Morgan fingerprint density at radius 3 is 2.00 bits per heavy atom. The van der Waals surface area contributed by atoms with Crippen LogP contribution < -0.4 is 10.6 Å². The van der Waals surface area contributed by atoms with Gasteiger partial charge >= 0.3 is 11.9 Å². The molecule has 1 unspecified atom stereocenters. The van der Waals surface area contributed by atoms with Gasteiger partial charge in [-0.3, -0.25) is 9.59 Å². The molecule has 2 atom stereocenters. The fourth-order valence-corrected chi connectivity index (χ4v) is 2.22. The number of amides is 2. The lowest BCUT2D eigenvalue weighted by molar-refractivity contribution is -0.147. The topological polar surface area (TPSA) is 131 Å². The molecule has 0 saturated heterocycles. The van der Waals surface area contributed by atoms with E-state index in [2.05, 4.69) is 20.1 Å². The molecule has 0 spiro atoms. The van der Waals surface area contributed by atoms with E-state index in [1.165, 1.54) is 26.2 Å². The number of hydrogen-bond acceptors (Lipinski definition) is 7. The van der Waals surface area contributed by atoms with Crippen LogP contribution in [0.4, 0.5) is 0 Å². The number of hydrogen-bond donors (Lipinski definition) is 3. The molecule has 0 bridgehead atoms. The summed E-state index contributed by atoms with van der Waals surface area (Å²) in [7, 11) is 2.32. The number of aromatic hydroxyl groups is 1. The van der Waals surface area contributed by atoms with Crippen LogP contribution in [0.2, 0.25) is 0 Å². The zero-order chi connectivity index (χ0) is 19.7. The van der Waals surface area contributed by atoms with Crippen molar-refractivity contribution in [2.45, 2.75) is 31.8 Å². The molecule has 0 fully saturated rings. The minimum absolute atomic E-state index is 0.0728. The van der Waals surface area contributed by atoms with Crippen LogP contribution in [-0.2, 0) is 35.1 Å². The third-order valence-electron chi connectivity index (χ3n) is 3.45. The lowest BCUT2D eigenvalue weighted by Gasteiger charge is -2.19. The monoisotopic (exact) mass is 366 g/mol. The van der Waals surface area contributed by atoms with E-state index in [0.29, 0.717) is 5.56 Å². The predicted octanol–water partition coefficient (Wildman–Crippen LogP) is -0.340. The summed E-state index contributed by atoms with van der Waals surface area (Å²) in [6.07, 6.45) is -0.267. The van der Waals surface area contributed by atoms with Gasteiger partial charge in [-0.15, -0.1) is 0 Å². The van der Waals surface area contributed by atoms with Gasteiger partial charge in [0.15, 0.2) is 0 Å². The molecule has 0 radical (unpaired) electrons. The number of phenols is 1. The quantitative estimate of drug-likeness (QED) is 0.536. The highest BCUT2D eigenvalue weighted by Gasteiger charge is 2.27. The molecule has 0 aliphatic rings. The van der Waals surface area contributed by atoms with E-state index in [1.807, 2.05) is 0 Å². The van der Waals surface area contributed by atoms with Gasteiger partial charge in [0.25, 0.3) is 0 Å². The first kappa shape index (κ1) is 20.9. The molecule has 0 aliphatic heterocycles. The Kier molecular flexibility index (Phi) is 8.07. The van der Waals surface area contributed by atoms with E-state index in [9.17, 15) is 24.3 Å². The average Bonchev–Trinajstić information content (AvgIpc) is 2.60. The second-order valence-electron chi connectivity index (χ2n) is 5.49. The van der Waals surface area contributed by atoms with E-state index in [4.69, 9.17) is 0 Å². The summed E-state index contributed by atoms with van der Waals surface area (Å²) < 4.78 is 9.23. The van der Waals surface area contributed by atoms with Crippen molar-refractivity contribution in [3.05, 3.63) is 29.8 Å². The molecule has 142 valence electrons. The number of phenolic OH excluding ortho intramolecular Hbond substituents is 1. The number of benzene rings is 1. The van der Waals surface area contributed by atoms with Crippen LogP contribution in [0, 0.1) is 0 Å². The first-order valence-electron chi connectivity index (χ1n) is 7.76. The minimum atomic E-state index is -1.16. The van der Waals surface area contributed by atoms with Crippen molar-refractivity contribution in [1.29, 1.82) is 0 Å². The van der Waals surface area contributed by atoms with Crippen LogP contribution in [0.15, 0.2) is 24.3 Å². The summed E-state index contributed by atoms with van der Waals surface area (Å²) >= 11 is 0. The molecule has 9 nitrogen and oxygen atoms in total. The summed E-state index contributed by atoms with van der Waals surface area (Å²) in [6, 6.07) is 3.96. The van der Waals surface area contributed by atoms with Crippen LogP contribution in [-0.4, -0.2) is 55.2 Å². The van der Waals surface area contributed by atoms with Gasteiger partial charge < -0.3 is 25.2 Å². The highest BCUT2D eigenvalue weighted by molar-refractivity contribution is 5.90. The van der Waals surface area contributed by atoms with Gasteiger partial charge in [0.2, 0.25) is 11.8 Å². The highest BCUT2D eigenvalue weighted by atomic mass is 16.5. The second-order valence-corrected chi connectivity index (χ2v) is 5.49. The van der Waals surface area contributed by atoms with Gasteiger partial charge in [0, 0.05) is 13.3 Å². The van der Waals surface area contributed by atoms with E-state index in [1.54, 1.807) is 12.1 Å². The number of esters is 2. The predicted molar refractivity (Wildman–Crippen MR) is 90.0 cm³/mol. The molecule has 3 N–H and O–H groups in total. The number of nitrogens with one attached hydrogen (secondary N) is 2. The van der Waals surface area contributed by atoms with Gasteiger partial charge in [0.1, 0.15) is 17.8 Å². The molecule has 26 heavy (non-hydrogen) atoms. The Bertz CT molecular complexity index is 658. The summed E-state index contributed by atoms with van der Waals surface area (Å²) in [4.78, 5) is 46.9. The molecule has 1 aromatic rings. The average molecular weight is 366 g/mol. The maximum Gasteiger partial charge on any atom is 0.328 e. The van der Waals surface area contributed by atoms with Crippen molar-refractivity contribution in [2.24, 2.45) is 0 Å². The van der Waals surface area contributed by atoms with Crippen molar-refractivity contribution < 1.29 is 33.8 Å². The minimum Gasteiger partial charge on any atom is -0.508 e. The van der Waals surface area contributed by atoms with Crippen molar-refractivity contribution in [3.8, 4) is 5.75 Å². The van der Waals surface area contributed by atoms with Crippen molar-refractivity contribution in [1.82, 2.24) is 10.6 Å². The summed E-state index contributed by atoms with van der Waals surface area (Å²) in [5.41, 5.74) is 0.685. The molecule has 0 saturated carbocycles. The Labute approximate surface area is 150 Å². The molecule has 0 aliphatic carbocycles. The number of ether oxygens (including phenoxy) is 2. The fourth-order valence-electron chi connectivity index (χ4n) is 2.22. The Morgan fingerprint density at radius 1 is 0.962 bits per heavy atom. The van der Waals surface area contributed by atoms with E-state index < -0.39 is 42.3 Å². The zero-order valence-corrected chi connectivity index (χ0v) is 14.8. The van der Waals surface area contributed by atoms with E-state index in [-0.39, 0.29) is 12.2 Å². The number of methoxy groups -OCH3 is 2. The first-order valence-corrected chi connectivity index (χ1v) is 7.76. The Hall–Kier alpha value is -3.10. The van der Waals surface area contributed by atoms with Crippen LogP contribution in [0.1, 0.15) is 18.9 Å². The van der Waals surface area contributed by atoms with Crippen molar-refractivity contribution in [3.63, 3.8) is 0 Å². The molecule has 2 amide bonds. The lowest BCUT2D eigenvalue weighted by Crippen LogP contribution is -2.48. The molecule has 1 rings (SSSR count). The normalized spacial score (nSPS) is 12.4. The van der Waals surface area contributed by atoms with Crippen LogP contribution in [0.25, 0.3) is 0 Å². The smallest absolute Gasteiger partial charge is 0.328 e. The Balaban J connectivity index is 2.80. The zero-order valence-electron chi connectivity index (χ0n) is 14.8. The number of carbonyl (C=O) groups is 4. The SMILES string of the molecule is COC(=O)C(CC(=O)N[C@@H](Cc1ccc(O)cc1)C(=O)OC)NC(C)=O. The van der Waals surface area contributed by atoms with Gasteiger partial charge in [-0.25, -0.2) is 9.59 Å². The van der Waals surface area contributed by atoms with Crippen LogP contribution >= 0.6 is 0 Å². The number of carbonyl (C=O) groups excluding carboxylic acids is 4. The van der Waals surface area contributed by atoms with Crippen LogP contribution in [0.3, 0.4) is 0 Å². The second kappa shape index (κ2) is 10.0. The number of rotatable bonds is 8. The van der Waals surface area contributed by atoms with E-state index in [0.717, 1.165) is 7.11 Å². The molecule has 0 aromatic heterocycles. The first-order chi connectivity index (χ1) is 12.3. The fraction of sp³-hybridized carbons (Fsp3) is 0.412. The van der Waals surface area contributed by atoms with Gasteiger partial charge in [-0.2, -0.15) is 0 Å². The summed E-state index contributed by atoms with van der Waals surface area (Å²) in [6.45, 7) is 1.20. The maximum absolute atomic E-state index is 12.2. The van der Waals surface area contributed by atoms with Crippen molar-refractivity contribution >= 4 is 23.8 Å². The Morgan fingerprint density at radius 2 is 1.50 bits per heavy atom. The maximum atomic E-state index is 12.2. The molecule has 1 aromatic carbocycles. The summed E-state index contributed by atoms with van der Waals surface area (Å²) in [5.74, 6) is -2.50. The summed E-state index contributed by atoms with van der Waals surface area (Å²) in [5, 5.41) is 14.1. The van der Waals surface area contributed by atoms with E-state index >= 15 is 0 Å². The molecule has 9 heteroatoms.